The van der Waals surface area contributed by atoms with E-state index in [4.69, 9.17) is 5.73 Å². The third kappa shape index (κ3) is 4.17. The number of phenols is 1. The largest absolute Gasteiger partial charge is 0.507 e. The second-order valence-electron chi connectivity index (χ2n) is 4.37. The molecule has 0 fully saturated rings. The highest BCUT2D eigenvalue weighted by molar-refractivity contribution is 5.98. The molecule has 4 nitrogen and oxygen atoms in total. The van der Waals surface area contributed by atoms with Crippen LogP contribution in [0, 0.1) is 0 Å². The minimum atomic E-state index is -0.100. The van der Waals surface area contributed by atoms with E-state index in [1.165, 1.54) is 0 Å². The molecule has 94 valence electrons. The van der Waals surface area contributed by atoms with Gasteiger partial charge in [-0.25, -0.2) is 0 Å². The van der Waals surface area contributed by atoms with E-state index in [2.05, 4.69) is 4.90 Å². The maximum absolute atomic E-state index is 11.7. The Balaban J connectivity index is 2.82. The number of carbonyl (C=O) groups is 1. The standard InChI is InChI=1S/C13H20N2O2/c1-15(2)8-6-10-3-4-12(16)11(9-10)13(17)5-7-14/h3-4,9,16H,5-8,14H2,1-2H3. The topological polar surface area (TPSA) is 66.6 Å². The lowest BCUT2D eigenvalue weighted by molar-refractivity contribution is 0.0983. The smallest absolute Gasteiger partial charge is 0.167 e. The molecule has 0 aromatic heterocycles. The summed E-state index contributed by atoms with van der Waals surface area (Å²) in [4.78, 5) is 13.8. The summed E-state index contributed by atoms with van der Waals surface area (Å²) >= 11 is 0. The summed E-state index contributed by atoms with van der Waals surface area (Å²) in [7, 11) is 4.00. The van der Waals surface area contributed by atoms with Gasteiger partial charge in [-0.2, -0.15) is 0 Å². The molecule has 3 N–H and O–H groups in total. The third-order valence-electron chi connectivity index (χ3n) is 2.58. The summed E-state index contributed by atoms with van der Waals surface area (Å²) < 4.78 is 0. The number of benzene rings is 1. The van der Waals surface area contributed by atoms with Gasteiger partial charge in [0.25, 0.3) is 0 Å². The zero-order valence-electron chi connectivity index (χ0n) is 10.4. The van der Waals surface area contributed by atoms with Gasteiger partial charge in [-0.15, -0.1) is 0 Å². The Morgan fingerprint density at radius 1 is 1.41 bits per heavy atom. The molecule has 0 spiro atoms. The zero-order chi connectivity index (χ0) is 12.8. The third-order valence-corrected chi connectivity index (χ3v) is 2.58. The predicted octanol–water partition coefficient (Wildman–Crippen LogP) is 1.03. The van der Waals surface area contributed by atoms with Crippen molar-refractivity contribution in [2.45, 2.75) is 12.8 Å². The number of rotatable bonds is 6. The highest BCUT2D eigenvalue weighted by Gasteiger charge is 2.11. The van der Waals surface area contributed by atoms with Gasteiger partial charge >= 0.3 is 0 Å². The Hall–Kier alpha value is -1.39. The lowest BCUT2D eigenvalue weighted by Crippen LogP contribution is -2.15. The molecule has 0 radical (unpaired) electrons. The van der Waals surface area contributed by atoms with Gasteiger partial charge in [0.05, 0.1) is 5.56 Å². The average Bonchev–Trinajstić information content (AvgIpc) is 2.28. The monoisotopic (exact) mass is 236 g/mol. The second kappa shape index (κ2) is 6.37. The van der Waals surface area contributed by atoms with E-state index in [-0.39, 0.29) is 18.0 Å². The highest BCUT2D eigenvalue weighted by atomic mass is 16.3. The van der Waals surface area contributed by atoms with E-state index in [9.17, 15) is 9.90 Å². The van der Waals surface area contributed by atoms with Gasteiger partial charge < -0.3 is 15.7 Å². The molecule has 0 amide bonds. The van der Waals surface area contributed by atoms with Crippen molar-refractivity contribution in [3.63, 3.8) is 0 Å². The Kier molecular flexibility index (Phi) is 5.12. The molecule has 0 saturated carbocycles. The summed E-state index contributed by atoms with van der Waals surface area (Å²) in [6.07, 6.45) is 1.13. The summed E-state index contributed by atoms with van der Waals surface area (Å²) in [6.45, 7) is 1.22. The molecule has 0 aliphatic rings. The molecule has 1 aromatic carbocycles. The van der Waals surface area contributed by atoms with E-state index in [1.807, 2.05) is 20.2 Å². The number of aromatic hydroxyl groups is 1. The number of hydrogen-bond donors (Lipinski definition) is 2. The minimum Gasteiger partial charge on any atom is -0.507 e. The van der Waals surface area contributed by atoms with Crippen LogP contribution in [0.2, 0.25) is 0 Å². The molecular formula is C13H20N2O2. The number of likely N-dealkylation sites (N-methyl/N-ethyl adjacent to an activating group) is 1. The van der Waals surface area contributed by atoms with Crippen LogP contribution in [-0.2, 0) is 6.42 Å². The van der Waals surface area contributed by atoms with E-state index in [0.717, 1.165) is 18.5 Å². The van der Waals surface area contributed by atoms with Crippen LogP contribution < -0.4 is 5.73 Å². The number of phenolic OH excluding ortho intramolecular Hbond substituents is 1. The zero-order valence-corrected chi connectivity index (χ0v) is 10.4. The van der Waals surface area contributed by atoms with Crippen molar-refractivity contribution in [2.75, 3.05) is 27.2 Å². The molecule has 1 aromatic rings. The molecule has 4 heteroatoms. The maximum atomic E-state index is 11.7. The SMILES string of the molecule is CN(C)CCc1ccc(O)c(C(=O)CCN)c1. The van der Waals surface area contributed by atoms with Crippen molar-refractivity contribution in [3.8, 4) is 5.75 Å². The number of nitrogens with two attached hydrogens (primary N) is 1. The Morgan fingerprint density at radius 3 is 2.71 bits per heavy atom. The molecule has 0 aliphatic heterocycles. The number of hydrogen-bond acceptors (Lipinski definition) is 4. The van der Waals surface area contributed by atoms with Crippen molar-refractivity contribution < 1.29 is 9.90 Å². The summed E-state index contributed by atoms with van der Waals surface area (Å²) in [5, 5.41) is 9.64. The van der Waals surface area contributed by atoms with Crippen LogP contribution >= 0.6 is 0 Å². The molecule has 0 heterocycles. The van der Waals surface area contributed by atoms with Crippen LogP contribution in [0.5, 0.6) is 5.75 Å². The molecule has 0 bridgehead atoms. The van der Waals surface area contributed by atoms with Gasteiger partial charge in [0.2, 0.25) is 0 Å². The van der Waals surface area contributed by atoms with E-state index < -0.39 is 0 Å². The van der Waals surface area contributed by atoms with Crippen molar-refractivity contribution in [1.82, 2.24) is 4.90 Å². The fourth-order valence-corrected chi connectivity index (χ4v) is 1.58. The Morgan fingerprint density at radius 2 is 2.12 bits per heavy atom. The Labute approximate surface area is 102 Å². The molecule has 0 aliphatic carbocycles. The maximum Gasteiger partial charge on any atom is 0.167 e. The summed E-state index contributed by atoms with van der Waals surface area (Å²) in [5.41, 5.74) is 6.78. The minimum absolute atomic E-state index is 0.0389. The first-order chi connectivity index (χ1) is 8.04. The lowest BCUT2D eigenvalue weighted by Gasteiger charge is -2.10. The highest BCUT2D eigenvalue weighted by Crippen LogP contribution is 2.20. The first kappa shape index (κ1) is 13.7. The summed E-state index contributed by atoms with van der Waals surface area (Å²) in [5.74, 6) is -0.0613. The van der Waals surface area contributed by atoms with Crippen LogP contribution in [0.3, 0.4) is 0 Å². The van der Waals surface area contributed by atoms with Gasteiger partial charge in [-0.1, -0.05) is 6.07 Å². The van der Waals surface area contributed by atoms with Gasteiger partial charge in [-0.3, -0.25) is 4.79 Å². The molecular weight excluding hydrogens is 216 g/mol. The fourth-order valence-electron chi connectivity index (χ4n) is 1.58. The number of Topliss-reactive ketones (excluding diaryl/α,β-unsaturated/α-hetero) is 1. The van der Waals surface area contributed by atoms with Gasteiger partial charge in [-0.05, 0) is 44.8 Å². The second-order valence-corrected chi connectivity index (χ2v) is 4.37. The van der Waals surface area contributed by atoms with Crippen LogP contribution in [0.25, 0.3) is 0 Å². The van der Waals surface area contributed by atoms with Crippen molar-refractivity contribution in [2.24, 2.45) is 5.73 Å². The molecule has 0 atom stereocenters. The van der Waals surface area contributed by atoms with Crippen LogP contribution in [0.1, 0.15) is 22.3 Å². The first-order valence-electron chi connectivity index (χ1n) is 5.74. The van der Waals surface area contributed by atoms with E-state index >= 15 is 0 Å². The molecule has 0 saturated heterocycles. The van der Waals surface area contributed by atoms with E-state index in [0.29, 0.717) is 12.1 Å². The van der Waals surface area contributed by atoms with Gasteiger partial charge in [0.1, 0.15) is 5.75 Å². The predicted molar refractivity (Wildman–Crippen MR) is 68.4 cm³/mol. The van der Waals surface area contributed by atoms with Crippen LogP contribution in [0.15, 0.2) is 18.2 Å². The van der Waals surface area contributed by atoms with Gasteiger partial charge in [0.15, 0.2) is 5.78 Å². The average molecular weight is 236 g/mol. The number of carbonyl (C=O) groups excluding carboxylic acids is 1. The molecule has 17 heavy (non-hydrogen) atoms. The van der Waals surface area contributed by atoms with Gasteiger partial charge in [0, 0.05) is 13.0 Å². The van der Waals surface area contributed by atoms with Crippen molar-refractivity contribution in [3.05, 3.63) is 29.3 Å². The molecule has 0 unspecified atom stereocenters. The lowest BCUT2D eigenvalue weighted by atomic mass is 10.0. The fraction of sp³-hybridized carbons (Fsp3) is 0.462. The van der Waals surface area contributed by atoms with Crippen molar-refractivity contribution >= 4 is 5.78 Å². The Bertz CT molecular complexity index is 389. The van der Waals surface area contributed by atoms with E-state index in [1.54, 1.807) is 12.1 Å². The first-order valence-corrected chi connectivity index (χ1v) is 5.74. The van der Waals surface area contributed by atoms with Crippen LogP contribution in [-0.4, -0.2) is 43.0 Å². The normalized spacial score (nSPS) is 10.8. The van der Waals surface area contributed by atoms with Crippen molar-refractivity contribution in [1.29, 1.82) is 0 Å². The number of ketones is 1. The summed E-state index contributed by atoms with van der Waals surface area (Å²) in [6, 6.07) is 5.18. The quantitative estimate of drug-likeness (QED) is 0.724. The molecule has 1 rings (SSSR count). The number of nitrogens with zero attached hydrogens (tertiary/aromatic N) is 1. The van der Waals surface area contributed by atoms with Crippen LogP contribution in [0.4, 0.5) is 0 Å².